The Hall–Kier alpha value is -2.10. The molecule has 1 unspecified atom stereocenters. The average Bonchev–Trinajstić information content (AvgIpc) is 3.16. The van der Waals surface area contributed by atoms with Gasteiger partial charge in [0.25, 0.3) is 0 Å². The van der Waals surface area contributed by atoms with E-state index in [-0.39, 0.29) is 6.04 Å². The van der Waals surface area contributed by atoms with E-state index in [9.17, 15) is 0 Å². The van der Waals surface area contributed by atoms with Crippen molar-refractivity contribution in [3.05, 3.63) is 76.6 Å². The molecule has 1 aromatic carbocycles. The minimum atomic E-state index is 0.246. The number of rotatable bonds is 6. The van der Waals surface area contributed by atoms with Crippen LogP contribution in [0.15, 0.2) is 71.0 Å². The Labute approximate surface area is 175 Å². The van der Waals surface area contributed by atoms with E-state index in [1.165, 1.54) is 53.5 Å². The number of benzene rings is 1. The van der Waals surface area contributed by atoms with E-state index < -0.39 is 0 Å². The molecule has 3 nitrogen and oxygen atoms in total. The van der Waals surface area contributed by atoms with Crippen molar-refractivity contribution in [3.8, 4) is 0 Å². The van der Waals surface area contributed by atoms with E-state index in [1.807, 2.05) is 0 Å². The zero-order valence-electron chi connectivity index (χ0n) is 17.8. The molecule has 1 heterocycles. The lowest BCUT2D eigenvalue weighted by molar-refractivity contribution is 0.0305. The van der Waals surface area contributed by atoms with Gasteiger partial charge in [-0.2, -0.15) is 0 Å². The molecule has 154 valence electrons. The van der Waals surface area contributed by atoms with Crippen LogP contribution in [-0.4, -0.2) is 43.9 Å². The van der Waals surface area contributed by atoms with Gasteiger partial charge < -0.3 is 9.47 Å². The van der Waals surface area contributed by atoms with Gasteiger partial charge in [-0.15, -0.1) is 0 Å². The molecule has 3 aliphatic rings. The summed E-state index contributed by atoms with van der Waals surface area (Å²) in [6.07, 6.45) is 12.0. The third-order valence-electron chi connectivity index (χ3n) is 6.16. The Morgan fingerprint density at radius 3 is 2.62 bits per heavy atom. The Morgan fingerprint density at radius 2 is 1.97 bits per heavy atom. The van der Waals surface area contributed by atoms with Crippen LogP contribution in [0.3, 0.4) is 0 Å². The maximum Gasteiger partial charge on any atom is 0.125 e. The summed E-state index contributed by atoms with van der Waals surface area (Å²) in [6.45, 7) is 8.44. The molecule has 2 aliphatic carbocycles. The summed E-state index contributed by atoms with van der Waals surface area (Å²) in [7, 11) is 0. The molecule has 1 atom stereocenters. The van der Waals surface area contributed by atoms with Crippen LogP contribution in [-0.2, 0) is 9.47 Å². The zero-order chi connectivity index (χ0) is 20.1. The lowest BCUT2D eigenvalue weighted by Crippen LogP contribution is -2.45. The first-order chi connectivity index (χ1) is 14.3. The molecule has 29 heavy (non-hydrogen) atoms. The van der Waals surface area contributed by atoms with Crippen molar-refractivity contribution in [1.82, 2.24) is 4.90 Å². The molecule has 1 saturated heterocycles. The van der Waals surface area contributed by atoms with Crippen molar-refractivity contribution in [2.75, 3.05) is 32.9 Å². The Balaban J connectivity index is 1.80. The largest absolute Gasteiger partial charge is 0.493 e. The second kappa shape index (κ2) is 9.60. The van der Waals surface area contributed by atoms with Crippen LogP contribution in [0.1, 0.15) is 45.1 Å². The summed E-state index contributed by atoms with van der Waals surface area (Å²) in [6, 6.07) is 11.0. The van der Waals surface area contributed by atoms with Crippen molar-refractivity contribution >= 4 is 5.57 Å². The molecule has 0 bridgehead atoms. The first kappa shape index (κ1) is 20.2. The summed E-state index contributed by atoms with van der Waals surface area (Å²) in [4.78, 5) is 2.60. The second-order valence-electron chi connectivity index (χ2n) is 7.91. The summed E-state index contributed by atoms with van der Waals surface area (Å²) in [5, 5.41) is 0. The van der Waals surface area contributed by atoms with Crippen LogP contribution in [0.4, 0.5) is 0 Å². The first-order valence-electron chi connectivity index (χ1n) is 11.1. The summed E-state index contributed by atoms with van der Waals surface area (Å²) >= 11 is 0. The molecule has 3 heteroatoms. The minimum Gasteiger partial charge on any atom is -0.493 e. The van der Waals surface area contributed by atoms with Gasteiger partial charge in [0, 0.05) is 18.7 Å². The third-order valence-corrected chi connectivity index (χ3v) is 6.16. The highest BCUT2D eigenvalue weighted by molar-refractivity contribution is 5.84. The molecule has 0 N–H and O–H groups in total. The van der Waals surface area contributed by atoms with Gasteiger partial charge in [-0.1, -0.05) is 42.5 Å². The van der Waals surface area contributed by atoms with Gasteiger partial charge in [0.2, 0.25) is 0 Å². The molecule has 1 aromatic rings. The molecule has 0 spiro atoms. The van der Waals surface area contributed by atoms with Gasteiger partial charge in [0.15, 0.2) is 0 Å². The fourth-order valence-electron chi connectivity index (χ4n) is 4.82. The van der Waals surface area contributed by atoms with E-state index in [0.717, 1.165) is 32.1 Å². The molecule has 4 rings (SSSR count). The van der Waals surface area contributed by atoms with Crippen molar-refractivity contribution in [2.45, 2.75) is 45.6 Å². The van der Waals surface area contributed by atoms with Crippen LogP contribution in [0.5, 0.6) is 0 Å². The van der Waals surface area contributed by atoms with Gasteiger partial charge in [-0.3, -0.25) is 4.90 Å². The van der Waals surface area contributed by atoms with Crippen molar-refractivity contribution in [2.24, 2.45) is 0 Å². The summed E-state index contributed by atoms with van der Waals surface area (Å²) in [5.41, 5.74) is 6.83. The third kappa shape index (κ3) is 4.26. The molecular weight excluding hydrogens is 358 g/mol. The highest BCUT2D eigenvalue weighted by atomic mass is 16.5. The molecular formula is C26H33NO2. The Morgan fingerprint density at radius 1 is 1.17 bits per heavy atom. The summed E-state index contributed by atoms with van der Waals surface area (Å²) in [5.74, 6) is 1.04. The first-order valence-corrected chi connectivity index (χ1v) is 11.1. The van der Waals surface area contributed by atoms with Crippen LogP contribution in [0.2, 0.25) is 0 Å². The lowest BCUT2D eigenvalue weighted by atomic mass is 9.85. The molecule has 1 aliphatic heterocycles. The second-order valence-corrected chi connectivity index (χ2v) is 7.91. The normalized spacial score (nSPS) is 23.8. The van der Waals surface area contributed by atoms with Crippen LogP contribution in [0, 0.1) is 0 Å². The van der Waals surface area contributed by atoms with Crippen molar-refractivity contribution in [1.29, 1.82) is 0 Å². The van der Waals surface area contributed by atoms with E-state index in [1.54, 1.807) is 0 Å². The number of allylic oxidation sites excluding steroid dienone is 3. The van der Waals surface area contributed by atoms with Crippen LogP contribution in [0.25, 0.3) is 5.57 Å². The quantitative estimate of drug-likeness (QED) is 0.637. The smallest absolute Gasteiger partial charge is 0.125 e. The number of hydrogen-bond acceptors (Lipinski definition) is 3. The molecule has 0 radical (unpaired) electrons. The number of morpholine rings is 1. The SMILES string of the molecule is C/C=C(/C1=C(OCC)C=C(C2=CCCCC2)C1N1CCOCC1)c1ccccc1. The predicted molar refractivity (Wildman–Crippen MR) is 120 cm³/mol. The highest BCUT2D eigenvalue weighted by Crippen LogP contribution is 2.43. The Kier molecular flexibility index (Phi) is 6.68. The molecule has 0 amide bonds. The van der Waals surface area contributed by atoms with Gasteiger partial charge in [-0.05, 0) is 67.9 Å². The summed E-state index contributed by atoms with van der Waals surface area (Å²) < 4.78 is 11.9. The van der Waals surface area contributed by atoms with Crippen LogP contribution >= 0.6 is 0 Å². The average molecular weight is 392 g/mol. The maximum absolute atomic E-state index is 6.24. The number of hydrogen-bond donors (Lipinski definition) is 0. The van der Waals surface area contributed by atoms with Crippen molar-refractivity contribution in [3.63, 3.8) is 0 Å². The van der Waals surface area contributed by atoms with Gasteiger partial charge in [0.05, 0.1) is 25.9 Å². The molecule has 0 saturated carbocycles. The zero-order valence-corrected chi connectivity index (χ0v) is 17.8. The highest BCUT2D eigenvalue weighted by Gasteiger charge is 2.37. The number of ether oxygens (including phenoxy) is 2. The monoisotopic (exact) mass is 391 g/mol. The van der Waals surface area contributed by atoms with E-state index >= 15 is 0 Å². The lowest BCUT2D eigenvalue weighted by Gasteiger charge is -2.37. The fourth-order valence-corrected chi connectivity index (χ4v) is 4.82. The van der Waals surface area contributed by atoms with E-state index in [0.29, 0.717) is 6.61 Å². The fraction of sp³-hybridized carbons (Fsp3) is 0.462. The van der Waals surface area contributed by atoms with Gasteiger partial charge >= 0.3 is 0 Å². The topological polar surface area (TPSA) is 21.7 Å². The standard InChI is InChI=1S/C26H33NO2/c1-3-22(20-11-7-5-8-12-20)25-24(29-4-2)19-23(21-13-9-6-10-14-21)26(25)27-15-17-28-18-16-27/h3,5,7-8,11-13,19,26H,4,6,9-10,14-18H2,1-2H3/b22-3+. The van der Waals surface area contributed by atoms with Gasteiger partial charge in [-0.25, -0.2) is 0 Å². The van der Waals surface area contributed by atoms with E-state index in [2.05, 4.69) is 67.3 Å². The predicted octanol–water partition coefficient (Wildman–Crippen LogP) is 5.52. The van der Waals surface area contributed by atoms with Gasteiger partial charge in [0.1, 0.15) is 5.76 Å². The minimum absolute atomic E-state index is 0.246. The molecule has 1 fully saturated rings. The molecule has 0 aromatic heterocycles. The van der Waals surface area contributed by atoms with Crippen molar-refractivity contribution < 1.29 is 9.47 Å². The van der Waals surface area contributed by atoms with Crippen LogP contribution < -0.4 is 0 Å². The Bertz CT molecular complexity index is 826. The number of nitrogens with zero attached hydrogens (tertiary/aromatic N) is 1. The van der Waals surface area contributed by atoms with E-state index in [4.69, 9.17) is 9.47 Å². The maximum atomic E-state index is 6.24.